The van der Waals surface area contributed by atoms with Gasteiger partial charge in [0.2, 0.25) is 0 Å². The number of esters is 2. The van der Waals surface area contributed by atoms with Crippen LogP contribution in [0.5, 0.6) is 0 Å². The SMILES string of the molecule is CCCCCCCCCCCCOC(=O)CCCCCCCC(=O)OCC(O)CO. The zero-order chi connectivity index (χ0) is 22.3. The molecule has 0 bridgehead atoms. The van der Waals surface area contributed by atoms with Crippen LogP contribution in [0.25, 0.3) is 0 Å². The summed E-state index contributed by atoms with van der Waals surface area (Å²) in [6.45, 7) is 2.22. The van der Waals surface area contributed by atoms with Gasteiger partial charge in [-0.15, -0.1) is 0 Å². The van der Waals surface area contributed by atoms with Crippen LogP contribution < -0.4 is 0 Å². The summed E-state index contributed by atoms with van der Waals surface area (Å²) in [5.74, 6) is -0.449. The van der Waals surface area contributed by atoms with Gasteiger partial charge in [-0.25, -0.2) is 0 Å². The van der Waals surface area contributed by atoms with Gasteiger partial charge in [0, 0.05) is 12.8 Å². The molecule has 0 aliphatic rings. The van der Waals surface area contributed by atoms with Gasteiger partial charge in [-0.05, 0) is 19.3 Å². The van der Waals surface area contributed by atoms with Crippen molar-refractivity contribution in [1.82, 2.24) is 0 Å². The third kappa shape index (κ3) is 21.6. The normalized spacial score (nSPS) is 12.0. The monoisotopic (exact) mass is 430 g/mol. The highest BCUT2D eigenvalue weighted by atomic mass is 16.5. The number of hydrogen-bond donors (Lipinski definition) is 2. The largest absolute Gasteiger partial charge is 0.466 e. The number of ether oxygens (including phenoxy) is 2. The summed E-state index contributed by atoms with van der Waals surface area (Å²) < 4.78 is 10.1. The summed E-state index contributed by atoms with van der Waals surface area (Å²) in [6.07, 6.45) is 16.9. The van der Waals surface area contributed by atoms with Crippen molar-refractivity contribution >= 4 is 11.9 Å². The van der Waals surface area contributed by atoms with E-state index in [4.69, 9.17) is 19.7 Å². The zero-order valence-corrected chi connectivity index (χ0v) is 19.2. The second-order valence-electron chi connectivity index (χ2n) is 8.19. The maximum atomic E-state index is 11.7. The first-order chi connectivity index (χ1) is 14.6. The molecule has 0 heterocycles. The van der Waals surface area contributed by atoms with E-state index >= 15 is 0 Å². The summed E-state index contributed by atoms with van der Waals surface area (Å²) in [6, 6.07) is 0. The van der Waals surface area contributed by atoms with E-state index in [1.807, 2.05) is 0 Å². The molecule has 0 radical (unpaired) electrons. The average molecular weight is 431 g/mol. The van der Waals surface area contributed by atoms with Gasteiger partial charge >= 0.3 is 11.9 Å². The van der Waals surface area contributed by atoms with Crippen molar-refractivity contribution in [3.05, 3.63) is 0 Å². The minimum Gasteiger partial charge on any atom is -0.466 e. The van der Waals surface area contributed by atoms with Crippen LogP contribution in [0.1, 0.15) is 116 Å². The predicted octanol–water partition coefficient (Wildman–Crippen LogP) is 5.08. The van der Waals surface area contributed by atoms with Crippen LogP contribution in [0.15, 0.2) is 0 Å². The molecule has 6 heteroatoms. The highest BCUT2D eigenvalue weighted by Gasteiger charge is 2.07. The fraction of sp³-hybridized carbons (Fsp3) is 0.917. The molecule has 0 aliphatic carbocycles. The van der Waals surface area contributed by atoms with E-state index in [1.165, 1.54) is 51.4 Å². The van der Waals surface area contributed by atoms with E-state index in [2.05, 4.69) is 6.92 Å². The van der Waals surface area contributed by atoms with Gasteiger partial charge in [0.05, 0.1) is 13.2 Å². The van der Waals surface area contributed by atoms with Crippen LogP contribution in [0.4, 0.5) is 0 Å². The maximum absolute atomic E-state index is 11.7. The van der Waals surface area contributed by atoms with Crippen molar-refractivity contribution in [2.24, 2.45) is 0 Å². The fourth-order valence-corrected chi connectivity index (χ4v) is 3.23. The van der Waals surface area contributed by atoms with Crippen LogP contribution in [0.2, 0.25) is 0 Å². The first-order valence-corrected chi connectivity index (χ1v) is 12.2. The molecule has 6 nitrogen and oxygen atoms in total. The number of aliphatic hydroxyl groups is 2. The lowest BCUT2D eigenvalue weighted by Crippen LogP contribution is -2.21. The minimum atomic E-state index is -1.00. The minimum absolute atomic E-state index is 0.100. The third-order valence-electron chi connectivity index (χ3n) is 5.17. The van der Waals surface area contributed by atoms with Crippen LogP contribution in [-0.2, 0) is 19.1 Å². The summed E-state index contributed by atoms with van der Waals surface area (Å²) >= 11 is 0. The first-order valence-electron chi connectivity index (χ1n) is 12.2. The molecular weight excluding hydrogens is 384 g/mol. The predicted molar refractivity (Wildman–Crippen MR) is 119 cm³/mol. The molecule has 0 saturated carbocycles. The summed E-state index contributed by atoms with van der Waals surface area (Å²) in [4.78, 5) is 23.1. The Balaban J connectivity index is 3.28. The molecule has 0 fully saturated rings. The van der Waals surface area contributed by atoms with Crippen molar-refractivity contribution < 1.29 is 29.3 Å². The van der Waals surface area contributed by atoms with Gasteiger partial charge in [0.1, 0.15) is 12.7 Å². The Labute approximate surface area is 183 Å². The number of hydrogen-bond acceptors (Lipinski definition) is 6. The van der Waals surface area contributed by atoms with Gasteiger partial charge in [0.15, 0.2) is 0 Å². The molecule has 0 amide bonds. The molecule has 1 atom stereocenters. The fourth-order valence-electron chi connectivity index (χ4n) is 3.23. The Kier molecular flexibility index (Phi) is 21.7. The number of unbranched alkanes of at least 4 members (excludes halogenated alkanes) is 13. The highest BCUT2D eigenvalue weighted by molar-refractivity contribution is 5.69. The molecule has 30 heavy (non-hydrogen) atoms. The molecule has 0 rings (SSSR count). The molecule has 0 aliphatic heterocycles. The molecule has 0 aromatic carbocycles. The van der Waals surface area contributed by atoms with Crippen molar-refractivity contribution in [3.63, 3.8) is 0 Å². The Morgan fingerprint density at radius 2 is 1.10 bits per heavy atom. The Morgan fingerprint density at radius 3 is 1.60 bits per heavy atom. The van der Waals surface area contributed by atoms with Gasteiger partial charge in [0.25, 0.3) is 0 Å². The smallest absolute Gasteiger partial charge is 0.305 e. The third-order valence-corrected chi connectivity index (χ3v) is 5.17. The molecule has 1 unspecified atom stereocenters. The Hall–Kier alpha value is -1.14. The quantitative estimate of drug-likeness (QED) is 0.184. The summed E-state index contributed by atoms with van der Waals surface area (Å²) in [5, 5.41) is 17.7. The van der Waals surface area contributed by atoms with Crippen molar-refractivity contribution in [1.29, 1.82) is 0 Å². The highest BCUT2D eigenvalue weighted by Crippen LogP contribution is 2.11. The number of rotatable bonds is 22. The van der Waals surface area contributed by atoms with E-state index in [0.717, 1.165) is 44.9 Å². The van der Waals surface area contributed by atoms with Gasteiger partial charge in [-0.1, -0.05) is 84.0 Å². The number of carbonyl (C=O) groups excluding carboxylic acids is 2. The summed E-state index contributed by atoms with van der Waals surface area (Å²) in [5.41, 5.74) is 0. The van der Waals surface area contributed by atoms with Crippen molar-refractivity contribution in [2.45, 2.75) is 122 Å². The molecule has 178 valence electrons. The molecule has 2 N–H and O–H groups in total. The lowest BCUT2D eigenvalue weighted by molar-refractivity contribution is -0.147. The van der Waals surface area contributed by atoms with Crippen LogP contribution >= 0.6 is 0 Å². The zero-order valence-electron chi connectivity index (χ0n) is 19.2. The number of carbonyl (C=O) groups is 2. The van der Waals surface area contributed by atoms with Gasteiger partial charge in [-0.2, -0.15) is 0 Å². The lowest BCUT2D eigenvalue weighted by Gasteiger charge is -2.08. The lowest BCUT2D eigenvalue weighted by atomic mass is 10.1. The van der Waals surface area contributed by atoms with Crippen LogP contribution in [-0.4, -0.2) is 48.1 Å². The van der Waals surface area contributed by atoms with Gasteiger partial charge in [-0.3, -0.25) is 9.59 Å². The van der Waals surface area contributed by atoms with E-state index in [9.17, 15) is 9.59 Å². The molecule has 0 aromatic rings. The molecule has 0 saturated heterocycles. The second-order valence-corrected chi connectivity index (χ2v) is 8.19. The standard InChI is InChI=1S/C24H46O6/c1-2-3-4-5-6-7-8-9-13-16-19-29-23(27)17-14-11-10-12-15-18-24(28)30-21-22(26)20-25/h22,25-26H,2-21H2,1H3. The summed E-state index contributed by atoms with van der Waals surface area (Å²) in [7, 11) is 0. The maximum Gasteiger partial charge on any atom is 0.305 e. The average Bonchev–Trinajstić information content (AvgIpc) is 2.75. The van der Waals surface area contributed by atoms with Crippen LogP contribution in [0, 0.1) is 0 Å². The van der Waals surface area contributed by atoms with Crippen LogP contribution in [0.3, 0.4) is 0 Å². The van der Waals surface area contributed by atoms with E-state index in [1.54, 1.807) is 0 Å². The van der Waals surface area contributed by atoms with E-state index in [-0.39, 0.29) is 18.5 Å². The topological polar surface area (TPSA) is 93.1 Å². The van der Waals surface area contributed by atoms with E-state index < -0.39 is 12.7 Å². The first kappa shape index (κ1) is 28.9. The molecule has 0 spiro atoms. The Morgan fingerprint density at radius 1 is 0.667 bits per heavy atom. The second kappa shape index (κ2) is 22.5. The van der Waals surface area contributed by atoms with Crippen molar-refractivity contribution in [2.75, 3.05) is 19.8 Å². The van der Waals surface area contributed by atoms with E-state index in [0.29, 0.717) is 19.4 Å². The Bertz CT molecular complexity index is 399. The molecular formula is C24H46O6. The molecule has 0 aromatic heterocycles. The van der Waals surface area contributed by atoms with Gasteiger partial charge < -0.3 is 19.7 Å². The number of aliphatic hydroxyl groups excluding tert-OH is 2. The van der Waals surface area contributed by atoms with Crippen molar-refractivity contribution in [3.8, 4) is 0 Å².